The molecule has 0 atom stereocenters. The van der Waals surface area contributed by atoms with Crippen LogP contribution in [0.1, 0.15) is 0 Å². The summed E-state index contributed by atoms with van der Waals surface area (Å²) in [6, 6.07) is 10.1. The number of amides is 2. The molecule has 3 rings (SSSR count). The zero-order chi connectivity index (χ0) is 17.1. The molecule has 0 radical (unpaired) electrons. The van der Waals surface area contributed by atoms with Gasteiger partial charge >= 0.3 is 6.03 Å². The fourth-order valence-corrected chi connectivity index (χ4v) is 2.86. The van der Waals surface area contributed by atoms with Crippen LogP contribution in [0.5, 0.6) is 0 Å². The van der Waals surface area contributed by atoms with Crippen molar-refractivity contribution in [3.05, 3.63) is 58.3 Å². The summed E-state index contributed by atoms with van der Waals surface area (Å²) in [6.45, 7) is 0. The Kier molecular flexibility index (Phi) is 4.94. The van der Waals surface area contributed by atoms with Gasteiger partial charge in [0.25, 0.3) is 0 Å². The number of nitrogens with zero attached hydrogens (tertiary/aromatic N) is 2. The molecule has 0 aliphatic rings. The van der Waals surface area contributed by atoms with E-state index < -0.39 is 6.03 Å². The summed E-state index contributed by atoms with van der Waals surface area (Å²) in [6.07, 6.45) is 0. The fourth-order valence-electron chi connectivity index (χ4n) is 1.82. The Balaban J connectivity index is 1.66. The maximum Gasteiger partial charge on any atom is 0.325 e. The first-order valence-electron chi connectivity index (χ1n) is 6.64. The van der Waals surface area contributed by atoms with E-state index in [1.54, 1.807) is 24.3 Å². The molecular weight excluding hydrogens is 374 g/mol. The van der Waals surface area contributed by atoms with Gasteiger partial charge in [0.15, 0.2) is 0 Å². The molecule has 0 fully saturated rings. The van der Waals surface area contributed by atoms with Crippen molar-refractivity contribution in [2.75, 3.05) is 10.6 Å². The minimum Gasteiger partial charge on any atom is -0.308 e. The monoisotopic (exact) mass is 382 g/mol. The van der Waals surface area contributed by atoms with Crippen LogP contribution in [-0.4, -0.2) is 16.2 Å². The first-order valence-corrected chi connectivity index (χ1v) is 8.21. The molecule has 0 bridgehead atoms. The highest BCUT2D eigenvalue weighted by atomic mass is 35.5. The predicted molar refractivity (Wildman–Crippen MR) is 94.4 cm³/mol. The molecule has 5 nitrogen and oxygen atoms in total. The molecule has 2 amide bonds. The number of anilines is 2. The van der Waals surface area contributed by atoms with Crippen molar-refractivity contribution in [2.45, 2.75) is 0 Å². The van der Waals surface area contributed by atoms with Gasteiger partial charge in [-0.05, 0) is 42.5 Å². The van der Waals surface area contributed by atoms with Gasteiger partial charge in [0.05, 0.1) is 10.0 Å². The lowest BCUT2D eigenvalue weighted by atomic mass is 10.2. The molecule has 122 valence electrons. The van der Waals surface area contributed by atoms with Crippen LogP contribution in [0, 0.1) is 5.82 Å². The first kappa shape index (κ1) is 16.6. The Labute approximate surface area is 150 Å². The number of urea groups is 1. The predicted octanol–water partition coefficient (Wildman–Crippen LogP) is 5.30. The van der Waals surface area contributed by atoms with Crippen LogP contribution < -0.4 is 10.6 Å². The normalized spacial score (nSPS) is 10.5. The molecule has 3 aromatic rings. The third-order valence-electron chi connectivity index (χ3n) is 2.91. The summed E-state index contributed by atoms with van der Waals surface area (Å²) >= 11 is 12.9. The molecule has 0 aliphatic carbocycles. The number of benzene rings is 2. The van der Waals surface area contributed by atoms with Crippen molar-refractivity contribution in [2.24, 2.45) is 0 Å². The van der Waals surface area contributed by atoms with E-state index in [0.29, 0.717) is 31.4 Å². The number of hydrogen-bond acceptors (Lipinski definition) is 4. The molecule has 2 N–H and O–H groups in total. The van der Waals surface area contributed by atoms with E-state index >= 15 is 0 Å². The highest BCUT2D eigenvalue weighted by Gasteiger charge is 2.10. The maximum atomic E-state index is 12.9. The van der Waals surface area contributed by atoms with Crippen LogP contribution in [-0.2, 0) is 0 Å². The van der Waals surface area contributed by atoms with Crippen LogP contribution in [0.4, 0.5) is 20.0 Å². The molecule has 0 aliphatic heterocycles. The third kappa shape index (κ3) is 4.00. The van der Waals surface area contributed by atoms with Crippen LogP contribution in [0.2, 0.25) is 10.0 Å². The van der Waals surface area contributed by atoms with Gasteiger partial charge in [0.2, 0.25) is 5.13 Å². The number of halogens is 3. The van der Waals surface area contributed by atoms with Crippen molar-refractivity contribution < 1.29 is 9.18 Å². The topological polar surface area (TPSA) is 66.9 Å². The molecule has 0 spiro atoms. The first-order chi connectivity index (χ1) is 11.5. The fraction of sp³-hybridized carbons (Fsp3) is 0. The molecule has 2 aromatic carbocycles. The van der Waals surface area contributed by atoms with Gasteiger partial charge in [0, 0.05) is 11.3 Å². The Morgan fingerprint density at radius 3 is 2.46 bits per heavy atom. The lowest BCUT2D eigenvalue weighted by Crippen LogP contribution is -2.19. The minimum atomic E-state index is -0.491. The molecule has 1 aromatic heterocycles. The van der Waals surface area contributed by atoms with Gasteiger partial charge < -0.3 is 5.32 Å². The lowest BCUT2D eigenvalue weighted by Gasteiger charge is -2.05. The van der Waals surface area contributed by atoms with Crippen LogP contribution >= 0.6 is 34.5 Å². The number of rotatable bonds is 3. The van der Waals surface area contributed by atoms with E-state index in [1.807, 2.05) is 0 Å². The maximum absolute atomic E-state index is 12.9. The number of nitrogens with one attached hydrogen (secondary N) is 2. The summed E-state index contributed by atoms with van der Waals surface area (Å²) in [7, 11) is 0. The molecule has 9 heteroatoms. The highest BCUT2D eigenvalue weighted by molar-refractivity contribution is 7.18. The van der Waals surface area contributed by atoms with Gasteiger partial charge in [0.1, 0.15) is 10.8 Å². The number of carbonyl (C=O) groups excluding carboxylic acids is 1. The van der Waals surface area contributed by atoms with Gasteiger partial charge in [-0.3, -0.25) is 5.32 Å². The molecule has 0 saturated carbocycles. The molecule has 0 unspecified atom stereocenters. The molecule has 1 heterocycles. The summed E-state index contributed by atoms with van der Waals surface area (Å²) in [5.41, 5.74) is 1.21. The number of carbonyl (C=O) groups is 1. The van der Waals surface area contributed by atoms with Crippen molar-refractivity contribution in [3.63, 3.8) is 0 Å². The van der Waals surface area contributed by atoms with Crippen molar-refractivity contribution in [1.29, 1.82) is 0 Å². The quantitative estimate of drug-likeness (QED) is 0.645. The Bertz CT molecular complexity index is 885. The third-order valence-corrected chi connectivity index (χ3v) is 4.54. The lowest BCUT2D eigenvalue weighted by molar-refractivity contribution is 0.262. The Morgan fingerprint density at radius 2 is 1.75 bits per heavy atom. The average Bonchev–Trinajstić information content (AvgIpc) is 3.00. The van der Waals surface area contributed by atoms with Crippen molar-refractivity contribution >= 4 is 51.4 Å². The van der Waals surface area contributed by atoms with E-state index in [-0.39, 0.29) is 5.82 Å². The zero-order valence-corrected chi connectivity index (χ0v) is 14.2. The summed E-state index contributed by atoms with van der Waals surface area (Å²) < 4.78 is 12.9. The second-order valence-corrected chi connectivity index (χ2v) is 6.42. The van der Waals surface area contributed by atoms with Gasteiger partial charge in [-0.15, -0.1) is 10.2 Å². The smallest absolute Gasteiger partial charge is 0.308 e. The zero-order valence-electron chi connectivity index (χ0n) is 11.9. The van der Waals surface area contributed by atoms with E-state index in [2.05, 4.69) is 20.8 Å². The van der Waals surface area contributed by atoms with E-state index in [1.165, 1.54) is 29.5 Å². The second-order valence-electron chi connectivity index (χ2n) is 4.63. The van der Waals surface area contributed by atoms with Crippen molar-refractivity contribution in [3.8, 4) is 10.6 Å². The standard InChI is InChI=1S/C15H9Cl2FN4OS/c16-11-6-5-10(7-12(11)17)19-14(23)20-15-22-21-13(24-15)8-1-3-9(18)4-2-8/h1-7H,(H2,19,20,22,23). The molecule has 0 saturated heterocycles. The average molecular weight is 383 g/mol. The summed E-state index contributed by atoms with van der Waals surface area (Å²) in [5.74, 6) is -0.331. The van der Waals surface area contributed by atoms with Crippen LogP contribution in [0.15, 0.2) is 42.5 Å². The molecular formula is C15H9Cl2FN4OS. The number of aromatic nitrogens is 2. The van der Waals surface area contributed by atoms with E-state index in [0.717, 1.165) is 0 Å². The number of hydrogen-bond donors (Lipinski definition) is 2. The summed E-state index contributed by atoms with van der Waals surface area (Å²) in [5, 5.41) is 14.6. The van der Waals surface area contributed by atoms with Gasteiger partial charge in [-0.2, -0.15) is 0 Å². The Morgan fingerprint density at radius 1 is 1.00 bits per heavy atom. The minimum absolute atomic E-state index is 0.312. The van der Waals surface area contributed by atoms with E-state index in [4.69, 9.17) is 23.2 Å². The van der Waals surface area contributed by atoms with Crippen LogP contribution in [0.3, 0.4) is 0 Å². The summed E-state index contributed by atoms with van der Waals surface area (Å²) in [4.78, 5) is 12.0. The van der Waals surface area contributed by atoms with E-state index in [9.17, 15) is 9.18 Å². The second kappa shape index (κ2) is 7.12. The van der Waals surface area contributed by atoms with Gasteiger partial charge in [-0.25, -0.2) is 9.18 Å². The molecule has 24 heavy (non-hydrogen) atoms. The van der Waals surface area contributed by atoms with Gasteiger partial charge in [-0.1, -0.05) is 34.5 Å². The largest absolute Gasteiger partial charge is 0.325 e. The van der Waals surface area contributed by atoms with Crippen LogP contribution in [0.25, 0.3) is 10.6 Å². The Hall–Kier alpha value is -2.22. The van der Waals surface area contributed by atoms with Crippen molar-refractivity contribution in [1.82, 2.24) is 10.2 Å². The SMILES string of the molecule is O=C(Nc1ccc(Cl)c(Cl)c1)Nc1nnc(-c2ccc(F)cc2)s1. The highest BCUT2D eigenvalue weighted by Crippen LogP contribution is 2.27.